The van der Waals surface area contributed by atoms with Gasteiger partial charge in [0.25, 0.3) is 0 Å². The molecule has 0 aromatic carbocycles. The SMILES string of the molecule is CCCC[S+](CCC)CCC.F[P-](F)(F)(F)(F)F. The molecule has 0 atom stereocenters. The van der Waals surface area contributed by atoms with Gasteiger partial charge in [-0.1, -0.05) is 27.2 Å². The third-order valence-corrected chi connectivity index (χ3v) is 4.61. The van der Waals surface area contributed by atoms with Gasteiger partial charge in [-0.3, -0.25) is 0 Å². The molecule has 0 saturated heterocycles. The predicted octanol–water partition coefficient (Wildman–Crippen LogP) is 6.61. The first kappa shape index (κ1) is 20.7. The van der Waals surface area contributed by atoms with Crippen LogP contribution in [0.3, 0.4) is 0 Å². The molecule has 0 saturated carbocycles. The van der Waals surface area contributed by atoms with E-state index in [1.165, 1.54) is 42.9 Å². The number of unbranched alkanes of at least 4 members (excludes halogenated alkanes) is 1. The number of hydrogen-bond acceptors (Lipinski definition) is 0. The number of rotatable bonds is 7. The first-order chi connectivity index (χ1) is 7.80. The summed E-state index contributed by atoms with van der Waals surface area (Å²) in [6.45, 7) is 6.91. The molecule has 18 heavy (non-hydrogen) atoms. The molecule has 116 valence electrons. The summed E-state index contributed by atoms with van der Waals surface area (Å²) in [4.78, 5) is 0. The van der Waals surface area contributed by atoms with Crippen LogP contribution in [0.4, 0.5) is 25.2 Å². The Kier molecular flexibility index (Phi) is 8.30. The van der Waals surface area contributed by atoms with Crippen molar-refractivity contribution in [3.05, 3.63) is 0 Å². The molecule has 0 bridgehead atoms. The van der Waals surface area contributed by atoms with Crippen LogP contribution in [0.5, 0.6) is 0 Å². The predicted molar refractivity (Wildman–Crippen MR) is 71.0 cm³/mol. The van der Waals surface area contributed by atoms with Crippen LogP contribution in [-0.2, 0) is 10.9 Å². The third kappa shape index (κ3) is 36.0. The maximum absolute atomic E-state index is 10.7. The normalized spacial score (nSPS) is 15.7. The summed E-state index contributed by atoms with van der Waals surface area (Å²) in [5.41, 5.74) is 0. The number of halogens is 6. The van der Waals surface area contributed by atoms with E-state index in [1.54, 1.807) is 0 Å². The second-order valence-corrected chi connectivity index (χ2v) is 8.40. The van der Waals surface area contributed by atoms with Gasteiger partial charge in [0, 0.05) is 0 Å². The summed E-state index contributed by atoms with van der Waals surface area (Å²) < 4.78 is 59.2. The van der Waals surface area contributed by atoms with Crippen LogP contribution in [-0.4, -0.2) is 17.3 Å². The van der Waals surface area contributed by atoms with Gasteiger partial charge in [0.15, 0.2) is 0 Å². The molecule has 8 heteroatoms. The zero-order chi connectivity index (χ0) is 14.9. The van der Waals surface area contributed by atoms with E-state index in [9.17, 15) is 25.2 Å². The summed E-state index contributed by atoms with van der Waals surface area (Å²) in [5.74, 6) is 4.46. The molecule has 0 aliphatic rings. The molecule has 0 nitrogen and oxygen atoms in total. The molecule has 0 spiro atoms. The fraction of sp³-hybridized carbons (Fsp3) is 1.00. The molecular formula is C10H23F6PS. The second kappa shape index (κ2) is 7.22. The molecule has 0 heterocycles. The Labute approximate surface area is 108 Å². The van der Waals surface area contributed by atoms with Crippen LogP contribution in [0.1, 0.15) is 46.5 Å². The monoisotopic (exact) mass is 320 g/mol. The molecule has 0 rings (SSSR count). The standard InChI is InChI=1S/C10H23S.F6P/c1-4-7-10-11(8-5-2)9-6-3;1-7(2,3,4,5)6/h4-10H2,1-3H3;/q+1;-1. The molecule has 0 fully saturated rings. The summed E-state index contributed by atoms with van der Waals surface area (Å²) >= 11 is 0. The molecule has 0 aromatic rings. The molecule has 0 unspecified atom stereocenters. The van der Waals surface area contributed by atoms with Crippen molar-refractivity contribution in [2.45, 2.75) is 46.5 Å². The van der Waals surface area contributed by atoms with Crippen LogP contribution in [0.15, 0.2) is 0 Å². The van der Waals surface area contributed by atoms with Gasteiger partial charge in [-0.2, -0.15) is 0 Å². The molecule has 0 aliphatic heterocycles. The van der Waals surface area contributed by atoms with Crippen LogP contribution < -0.4 is 0 Å². The fourth-order valence-electron chi connectivity index (χ4n) is 1.23. The summed E-state index contributed by atoms with van der Waals surface area (Å²) in [6.07, 6.45) is 5.58. The van der Waals surface area contributed by atoms with E-state index in [0.29, 0.717) is 0 Å². The van der Waals surface area contributed by atoms with E-state index in [4.69, 9.17) is 0 Å². The summed E-state index contributed by atoms with van der Waals surface area (Å²) in [7, 11) is -9.88. The van der Waals surface area contributed by atoms with Gasteiger partial charge < -0.3 is 0 Å². The Balaban J connectivity index is 0. The van der Waals surface area contributed by atoms with E-state index in [-0.39, 0.29) is 0 Å². The fourth-order valence-corrected chi connectivity index (χ4v) is 3.70. The van der Waals surface area contributed by atoms with Crippen molar-refractivity contribution in [3.8, 4) is 0 Å². The zero-order valence-corrected chi connectivity index (χ0v) is 12.8. The molecule has 0 aliphatic carbocycles. The molecule has 0 amide bonds. The van der Waals surface area contributed by atoms with E-state index in [2.05, 4.69) is 20.8 Å². The Bertz CT molecular complexity index is 194. The van der Waals surface area contributed by atoms with Crippen molar-refractivity contribution in [2.24, 2.45) is 0 Å². The van der Waals surface area contributed by atoms with Crippen LogP contribution in [0, 0.1) is 0 Å². The Morgan fingerprint density at radius 2 is 1.00 bits per heavy atom. The third-order valence-electron chi connectivity index (χ3n) is 1.77. The van der Waals surface area contributed by atoms with E-state index in [1.807, 2.05) is 0 Å². The van der Waals surface area contributed by atoms with Crippen LogP contribution >= 0.6 is 7.81 Å². The van der Waals surface area contributed by atoms with Gasteiger partial charge in [0.2, 0.25) is 0 Å². The Morgan fingerprint density at radius 3 is 1.22 bits per heavy atom. The molecular weight excluding hydrogens is 297 g/mol. The van der Waals surface area contributed by atoms with E-state index in [0.717, 1.165) is 10.9 Å². The Morgan fingerprint density at radius 1 is 0.667 bits per heavy atom. The zero-order valence-electron chi connectivity index (χ0n) is 11.1. The summed E-state index contributed by atoms with van der Waals surface area (Å²) in [6, 6.07) is 0. The topological polar surface area (TPSA) is 0 Å². The van der Waals surface area contributed by atoms with E-state index >= 15 is 0 Å². The van der Waals surface area contributed by atoms with Crippen molar-refractivity contribution >= 4 is 18.7 Å². The van der Waals surface area contributed by atoms with Crippen LogP contribution in [0.2, 0.25) is 0 Å². The van der Waals surface area contributed by atoms with Gasteiger partial charge in [-0.05, 0) is 30.2 Å². The Hall–Kier alpha value is 0.360. The van der Waals surface area contributed by atoms with Crippen molar-refractivity contribution in [1.82, 2.24) is 0 Å². The van der Waals surface area contributed by atoms with Crippen LogP contribution in [0.25, 0.3) is 0 Å². The van der Waals surface area contributed by atoms with Crippen molar-refractivity contribution in [3.63, 3.8) is 0 Å². The minimum atomic E-state index is -10.7. The quantitative estimate of drug-likeness (QED) is 0.281. The second-order valence-electron chi connectivity index (χ2n) is 4.04. The maximum atomic E-state index is 9.87. The van der Waals surface area contributed by atoms with Crippen molar-refractivity contribution in [2.75, 3.05) is 17.3 Å². The molecule has 0 N–H and O–H groups in total. The van der Waals surface area contributed by atoms with Gasteiger partial charge in [-0.15, -0.1) is 0 Å². The average Bonchev–Trinajstić information content (AvgIpc) is 2.10. The van der Waals surface area contributed by atoms with Gasteiger partial charge >= 0.3 is 33.0 Å². The first-order valence-corrected chi connectivity index (χ1v) is 9.76. The summed E-state index contributed by atoms with van der Waals surface area (Å²) in [5, 5.41) is 0. The molecule has 0 radical (unpaired) electrons. The van der Waals surface area contributed by atoms with Gasteiger partial charge in [0.1, 0.15) is 17.3 Å². The number of hydrogen-bond donors (Lipinski definition) is 0. The van der Waals surface area contributed by atoms with Gasteiger partial charge in [0.05, 0.1) is 0 Å². The van der Waals surface area contributed by atoms with Gasteiger partial charge in [-0.25, -0.2) is 0 Å². The average molecular weight is 320 g/mol. The molecule has 0 aromatic heterocycles. The first-order valence-electron chi connectivity index (χ1n) is 6.00. The van der Waals surface area contributed by atoms with Crippen molar-refractivity contribution in [1.29, 1.82) is 0 Å². The van der Waals surface area contributed by atoms with E-state index < -0.39 is 7.81 Å². The minimum absolute atomic E-state index is 0.776. The van der Waals surface area contributed by atoms with Crippen molar-refractivity contribution < 1.29 is 25.2 Å².